The fourth-order valence-corrected chi connectivity index (χ4v) is 2.97. The van der Waals surface area contributed by atoms with Crippen molar-refractivity contribution in [2.75, 3.05) is 5.75 Å². The molecule has 6 heteroatoms. The summed E-state index contributed by atoms with van der Waals surface area (Å²) in [7, 11) is 0. The molecule has 1 aromatic carbocycles. The van der Waals surface area contributed by atoms with Crippen LogP contribution in [0.25, 0.3) is 22.1 Å². The van der Waals surface area contributed by atoms with E-state index < -0.39 is 0 Å². The molecule has 0 aliphatic heterocycles. The topological polar surface area (TPSA) is 68.0 Å². The summed E-state index contributed by atoms with van der Waals surface area (Å²) in [6.45, 7) is 6.07. The first kappa shape index (κ1) is 15.8. The third-order valence-electron chi connectivity index (χ3n) is 3.83. The number of carbonyl (C=O) groups is 1. The van der Waals surface area contributed by atoms with Crippen LogP contribution in [-0.2, 0) is 4.79 Å². The molecule has 3 aromatic rings. The minimum absolute atomic E-state index is 0.00952. The zero-order valence-corrected chi connectivity index (χ0v) is 14.2. The Labute approximate surface area is 138 Å². The summed E-state index contributed by atoms with van der Waals surface area (Å²) >= 11 is 1.37. The normalized spacial score (nSPS) is 12.0. The number of carbonyl (C=O) groups excluding carboxylic acids is 1. The van der Waals surface area contributed by atoms with Gasteiger partial charge < -0.3 is 9.73 Å². The molecule has 23 heavy (non-hydrogen) atoms. The molecule has 0 bridgehead atoms. The van der Waals surface area contributed by atoms with Crippen molar-refractivity contribution in [1.29, 1.82) is 0 Å². The molecule has 3 rings (SSSR count). The van der Waals surface area contributed by atoms with E-state index in [-0.39, 0.29) is 11.4 Å². The summed E-state index contributed by atoms with van der Waals surface area (Å²) in [6.07, 6.45) is 2.39. The Morgan fingerprint density at radius 2 is 2.09 bits per heavy atom. The molecular formula is C17H19N3O2S. The Bertz CT molecular complexity index is 857. The van der Waals surface area contributed by atoms with Crippen LogP contribution in [0.15, 0.2) is 40.0 Å². The maximum absolute atomic E-state index is 12.1. The van der Waals surface area contributed by atoms with Crippen molar-refractivity contribution in [3.63, 3.8) is 0 Å². The Morgan fingerprint density at radius 1 is 1.30 bits per heavy atom. The standard InChI is InChI=1S/C17H19N3O2S/c1-4-17(2,3)20-13(21)9-23-16-15-14(18-10-19-16)11-7-5-6-8-12(11)22-15/h5-8,10H,4,9H2,1-3H3,(H,20,21). The average Bonchev–Trinajstić information content (AvgIpc) is 2.92. The van der Waals surface area contributed by atoms with E-state index in [1.807, 2.05) is 38.1 Å². The largest absolute Gasteiger partial charge is 0.451 e. The van der Waals surface area contributed by atoms with Gasteiger partial charge in [-0.1, -0.05) is 30.8 Å². The first-order valence-electron chi connectivity index (χ1n) is 7.56. The van der Waals surface area contributed by atoms with Crippen LogP contribution in [0.2, 0.25) is 0 Å². The summed E-state index contributed by atoms with van der Waals surface area (Å²) in [4.78, 5) is 20.7. The van der Waals surface area contributed by atoms with Crippen LogP contribution in [0, 0.1) is 0 Å². The highest BCUT2D eigenvalue weighted by atomic mass is 32.2. The molecule has 2 heterocycles. The SMILES string of the molecule is CCC(C)(C)NC(=O)CSc1ncnc2c1oc1ccccc12. The molecule has 1 amide bonds. The van der Waals surface area contributed by atoms with Gasteiger partial charge in [-0.3, -0.25) is 4.79 Å². The van der Waals surface area contributed by atoms with Gasteiger partial charge in [-0.15, -0.1) is 0 Å². The molecular weight excluding hydrogens is 310 g/mol. The number of aromatic nitrogens is 2. The zero-order valence-electron chi connectivity index (χ0n) is 13.4. The van der Waals surface area contributed by atoms with Gasteiger partial charge in [0.25, 0.3) is 0 Å². The fourth-order valence-electron chi connectivity index (χ4n) is 2.24. The number of fused-ring (bicyclic) bond motifs is 3. The first-order chi connectivity index (χ1) is 11.0. The van der Waals surface area contributed by atoms with E-state index in [4.69, 9.17) is 4.42 Å². The number of furan rings is 1. The Morgan fingerprint density at radius 3 is 2.87 bits per heavy atom. The maximum atomic E-state index is 12.1. The predicted molar refractivity (Wildman–Crippen MR) is 92.5 cm³/mol. The highest BCUT2D eigenvalue weighted by Gasteiger charge is 2.19. The van der Waals surface area contributed by atoms with Gasteiger partial charge in [-0.25, -0.2) is 9.97 Å². The number of amides is 1. The van der Waals surface area contributed by atoms with Crippen molar-refractivity contribution < 1.29 is 9.21 Å². The molecule has 2 aromatic heterocycles. The van der Waals surface area contributed by atoms with E-state index >= 15 is 0 Å². The lowest BCUT2D eigenvalue weighted by Gasteiger charge is -2.24. The number of hydrogen-bond acceptors (Lipinski definition) is 5. The van der Waals surface area contributed by atoms with Crippen LogP contribution in [-0.4, -0.2) is 27.2 Å². The van der Waals surface area contributed by atoms with E-state index in [0.29, 0.717) is 16.4 Å². The summed E-state index contributed by atoms with van der Waals surface area (Å²) in [5, 5.41) is 4.67. The number of benzene rings is 1. The van der Waals surface area contributed by atoms with Crippen LogP contribution in [0.3, 0.4) is 0 Å². The van der Waals surface area contributed by atoms with Gasteiger partial charge >= 0.3 is 0 Å². The lowest BCUT2D eigenvalue weighted by atomic mass is 10.0. The summed E-state index contributed by atoms with van der Waals surface area (Å²) in [5.74, 6) is 0.289. The van der Waals surface area contributed by atoms with E-state index in [9.17, 15) is 4.79 Å². The number of nitrogens with zero attached hydrogens (tertiary/aromatic N) is 2. The average molecular weight is 329 g/mol. The molecule has 5 nitrogen and oxygen atoms in total. The van der Waals surface area contributed by atoms with Crippen molar-refractivity contribution >= 4 is 39.7 Å². The second-order valence-electron chi connectivity index (χ2n) is 6.03. The Balaban J connectivity index is 1.82. The van der Waals surface area contributed by atoms with E-state index in [2.05, 4.69) is 22.2 Å². The lowest BCUT2D eigenvalue weighted by Crippen LogP contribution is -2.43. The van der Waals surface area contributed by atoms with Crippen molar-refractivity contribution in [2.45, 2.75) is 37.8 Å². The molecule has 0 fully saturated rings. The number of thioether (sulfide) groups is 1. The molecule has 0 aliphatic carbocycles. The minimum Gasteiger partial charge on any atom is -0.451 e. The highest BCUT2D eigenvalue weighted by molar-refractivity contribution is 8.00. The number of rotatable bonds is 5. The maximum Gasteiger partial charge on any atom is 0.230 e. The van der Waals surface area contributed by atoms with Crippen molar-refractivity contribution in [2.24, 2.45) is 0 Å². The molecule has 0 aliphatic rings. The molecule has 0 atom stereocenters. The Kier molecular flexibility index (Phi) is 4.26. The van der Waals surface area contributed by atoms with Gasteiger partial charge in [0.1, 0.15) is 22.5 Å². The van der Waals surface area contributed by atoms with Crippen molar-refractivity contribution in [3.05, 3.63) is 30.6 Å². The summed E-state index contributed by atoms with van der Waals surface area (Å²) < 4.78 is 5.86. The molecule has 0 unspecified atom stereocenters. The van der Waals surface area contributed by atoms with Gasteiger partial charge in [0.15, 0.2) is 5.58 Å². The van der Waals surface area contributed by atoms with Gasteiger partial charge in [0.05, 0.1) is 5.75 Å². The van der Waals surface area contributed by atoms with Crippen LogP contribution >= 0.6 is 11.8 Å². The number of para-hydroxylation sites is 1. The lowest BCUT2D eigenvalue weighted by molar-refractivity contribution is -0.120. The predicted octanol–water partition coefficient (Wildman–Crippen LogP) is 3.77. The van der Waals surface area contributed by atoms with Crippen LogP contribution < -0.4 is 5.32 Å². The molecule has 0 saturated heterocycles. The second kappa shape index (κ2) is 6.20. The van der Waals surface area contributed by atoms with Crippen molar-refractivity contribution in [3.8, 4) is 0 Å². The van der Waals surface area contributed by atoms with Gasteiger partial charge in [-0.2, -0.15) is 0 Å². The molecule has 1 N–H and O–H groups in total. The van der Waals surface area contributed by atoms with Gasteiger partial charge in [0, 0.05) is 10.9 Å². The van der Waals surface area contributed by atoms with E-state index in [1.54, 1.807) is 0 Å². The first-order valence-corrected chi connectivity index (χ1v) is 8.55. The molecule has 0 spiro atoms. The zero-order chi connectivity index (χ0) is 16.4. The molecule has 120 valence electrons. The van der Waals surface area contributed by atoms with Gasteiger partial charge in [0.2, 0.25) is 5.91 Å². The summed E-state index contributed by atoms with van der Waals surface area (Å²) in [6, 6.07) is 7.75. The highest BCUT2D eigenvalue weighted by Crippen LogP contribution is 2.32. The Hall–Kier alpha value is -2.08. The monoisotopic (exact) mass is 329 g/mol. The minimum atomic E-state index is -0.196. The van der Waals surface area contributed by atoms with Crippen LogP contribution in [0.4, 0.5) is 0 Å². The quantitative estimate of drug-likeness (QED) is 0.570. The summed E-state index contributed by atoms with van der Waals surface area (Å²) in [5.41, 5.74) is 2.01. The smallest absolute Gasteiger partial charge is 0.230 e. The van der Waals surface area contributed by atoms with E-state index in [1.165, 1.54) is 18.1 Å². The van der Waals surface area contributed by atoms with Crippen LogP contribution in [0.1, 0.15) is 27.2 Å². The third kappa shape index (κ3) is 3.32. The molecule has 0 radical (unpaired) electrons. The van der Waals surface area contributed by atoms with Crippen molar-refractivity contribution in [1.82, 2.24) is 15.3 Å². The third-order valence-corrected chi connectivity index (χ3v) is 4.80. The van der Waals surface area contributed by atoms with E-state index in [0.717, 1.165) is 22.9 Å². The number of nitrogens with one attached hydrogen (secondary N) is 1. The number of hydrogen-bond donors (Lipinski definition) is 1. The molecule has 0 saturated carbocycles. The van der Waals surface area contributed by atoms with Crippen LogP contribution in [0.5, 0.6) is 0 Å². The fraction of sp³-hybridized carbons (Fsp3) is 0.353. The second-order valence-corrected chi connectivity index (χ2v) is 6.99. The van der Waals surface area contributed by atoms with Gasteiger partial charge in [-0.05, 0) is 32.4 Å².